The third-order valence-corrected chi connectivity index (χ3v) is 8.73. The zero-order chi connectivity index (χ0) is 22.7. The standard InChI is InChI=1S/C20H20F3NO5S2/c1-14-2-6-18(7-3-14)30(25,26)24-11-8-15-12-17(29-31(27,28)20(21,22)23)5-4-16(15)13-19(24)9-10-19/h2-7,12H,8-11,13H2,1H3. The van der Waals surface area contributed by atoms with Crippen LogP contribution in [0.25, 0.3) is 0 Å². The summed E-state index contributed by atoms with van der Waals surface area (Å²) in [5, 5.41) is 0. The van der Waals surface area contributed by atoms with Crippen LogP contribution in [-0.2, 0) is 33.0 Å². The van der Waals surface area contributed by atoms with E-state index in [9.17, 15) is 30.0 Å². The lowest BCUT2D eigenvalue weighted by Crippen LogP contribution is -2.43. The molecule has 0 amide bonds. The topological polar surface area (TPSA) is 80.8 Å². The van der Waals surface area contributed by atoms with Gasteiger partial charge < -0.3 is 4.18 Å². The Hall–Kier alpha value is -2.11. The van der Waals surface area contributed by atoms with E-state index in [4.69, 9.17) is 0 Å². The number of fused-ring (bicyclic) bond motifs is 1. The lowest BCUT2D eigenvalue weighted by molar-refractivity contribution is -0.0500. The first-order valence-corrected chi connectivity index (χ1v) is 12.4. The van der Waals surface area contributed by atoms with Gasteiger partial charge in [0.05, 0.1) is 4.90 Å². The Balaban J connectivity index is 1.64. The monoisotopic (exact) mass is 475 g/mol. The molecule has 0 atom stereocenters. The van der Waals surface area contributed by atoms with Crippen LogP contribution >= 0.6 is 0 Å². The van der Waals surface area contributed by atoms with E-state index in [2.05, 4.69) is 4.18 Å². The summed E-state index contributed by atoms with van der Waals surface area (Å²) in [6, 6.07) is 10.5. The lowest BCUT2D eigenvalue weighted by atomic mass is 9.99. The summed E-state index contributed by atoms with van der Waals surface area (Å²) in [5.41, 5.74) is -3.82. The molecule has 1 heterocycles. The molecule has 2 aromatic rings. The van der Waals surface area contributed by atoms with Gasteiger partial charge in [-0.2, -0.15) is 25.9 Å². The van der Waals surface area contributed by atoms with Crippen LogP contribution < -0.4 is 4.18 Å². The van der Waals surface area contributed by atoms with Crippen LogP contribution in [0.5, 0.6) is 5.75 Å². The van der Waals surface area contributed by atoms with E-state index in [1.54, 1.807) is 24.3 Å². The zero-order valence-corrected chi connectivity index (χ0v) is 18.1. The molecule has 6 nitrogen and oxygen atoms in total. The smallest absolute Gasteiger partial charge is 0.376 e. The second-order valence-corrected chi connectivity index (χ2v) is 11.4. The number of sulfonamides is 1. The summed E-state index contributed by atoms with van der Waals surface area (Å²) < 4.78 is 92.8. The molecule has 4 rings (SSSR count). The Kier molecular flexibility index (Phi) is 5.14. The number of nitrogens with zero attached hydrogens (tertiary/aromatic N) is 1. The molecule has 31 heavy (non-hydrogen) atoms. The first-order chi connectivity index (χ1) is 14.3. The number of halogens is 3. The van der Waals surface area contributed by atoms with E-state index < -0.39 is 36.9 Å². The summed E-state index contributed by atoms with van der Waals surface area (Å²) in [4.78, 5) is 0.190. The number of hydrogen-bond donors (Lipinski definition) is 0. The number of benzene rings is 2. The zero-order valence-electron chi connectivity index (χ0n) is 16.5. The highest BCUT2D eigenvalue weighted by molar-refractivity contribution is 7.89. The molecule has 2 aliphatic rings. The second kappa shape index (κ2) is 7.21. The first-order valence-electron chi connectivity index (χ1n) is 9.56. The van der Waals surface area contributed by atoms with Gasteiger partial charge in [0.25, 0.3) is 0 Å². The molecule has 0 N–H and O–H groups in total. The lowest BCUT2D eigenvalue weighted by Gasteiger charge is -2.29. The molecule has 2 aromatic carbocycles. The highest BCUT2D eigenvalue weighted by Crippen LogP contribution is 2.49. The molecule has 0 bridgehead atoms. The van der Waals surface area contributed by atoms with Crippen LogP contribution in [0.4, 0.5) is 13.2 Å². The maximum atomic E-state index is 13.3. The minimum absolute atomic E-state index is 0.138. The van der Waals surface area contributed by atoms with E-state index in [0.717, 1.165) is 11.1 Å². The fourth-order valence-electron chi connectivity index (χ4n) is 3.92. The molecule has 11 heteroatoms. The van der Waals surface area contributed by atoms with Gasteiger partial charge in [0.15, 0.2) is 0 Å². The van der Waals surface area contributed by atoms with Gasteiger partial charge in [-0.3, -0.25) is 0 Å². The van der Waals surface area contributed by atoms with Crippen molar-refractivity contribution in [1.82, 2.24) is 4.31 Å². The van der Waals surface area contributed by atoms with E-state index >= 15 is 0 Å². The summed E-state index contributed by atoms with van der Waals surface area (Å²) in [7, 11) is -9.54. The van der Waals surface area contributed by atoms with Crippen molar-refractivity contribution in [2.45, 2.75) is 48.5 Å². The number of aryl methyl sites for hydroxylation is 1. The minimum atomic E-state index is -5.78. The molecule has 1 aliphatic carbocycles. The quantitative estimate of drug-likeness (QED) is 0.499. The Bertz CT molecular complexity index is 1220. The van der Waals surface area contributed by atoms with Crippen molar-refractivity contribution in [2.24, 2.45) is 0 Å². The maximum absolute atomic E-state index is 13.3. The van der Waals surface area contributed by atoms with E-state index in [-0.39, 0.29) is 17.9 Å². The van der Waals surface area contributed by atoms with Gasteiger partial charge in [0.2, 0.25) is 10.0 Å². The van der Waals surface area contributed by atoms with Gasteiger partial charge in [0, 0.05) is 12.1 Å². The molecule has 1 fully saturated rings. The Morgan fingerprint density at radius 1 is 0.968 bits per heavy atom. The summed E-state index contributed by atoms with van der Waals surface area (Å²) in [6.07, 6.45) is 1.99. The molecule has 1 saturated carbocycles. The van der Waals surface area contributed by atoms with Crippen LogP contribution in [-0.4, -0.2) is 38.7 Å². The minimum Gasteiger partial charge on any atom is -0.376 e. The van der Waals surface area contributed by atoms with Crippen molar-refractivity contribution in [3.05, 3.63) is 59.2 Å². The molecule has 168 valence electrons. The van der Waals surface area contributed by atoms with Crippen LogP contribution in [0.2, 0.25) is 0 Å². The van der Waals surface area contributed by atoms with Crippen molar-refractivity contribution >= 4 is 20.1 Å². The van der Waals surface area contributed by atoms with Crippen LogP contribution in [0.15, 0.2) is 47.4 Å². The van der Waals surface area contributed by atoms with Gasteiger partial charge >= 0.3 is 15.6 Å². The highest BCUT2D eigenvalue weighted by Gasteiger charge is 2.54. The van der Waals surface area contributed by atoms with Gasteiger partial charge in [-0.15, -0.1) is 0 Å². The average molecular weight is 476 g/mol. The first kappa shape index (κ1) is 22.1. The molecular weight excluding hydrogens is 455 g/mol. The summed E-state index contributed by atoms with van der Waals surface area (Å²) in [6.45, 7) is 2.00. The Labute approximate surface area is 178 Å². The number of alkyl halides is 3. The largest absolute Gasteiger partial charge is 0.534 e. The summed E-state index contributed by atoms with van der Waals surface area (Å²) >= 11 is 0. The maximum Gasteiger partial charge on any atom is 0.534 e. The molecule has 1 aliphatic heterocycles. The van der Waals surface area contributed by atoms with Crippen molar-refractivity contribution in [1.29, 1.82) is 0 Å². The molecule has 0 aromatic heterocycles. The summed E-state index contributed by atoms with van der Waals surface area (Å²) in [5.74, 6) is -0.448. The second-order valence-electron chi connectivity index (χ2n) is 7.96. The molecule has 0 saturated heterocycles. The Morgan fingerprint density at radius 2 is 1.61 bits per heavy atom. The normalized spacial score (nSPS) is 19.0. The van der Waals surface area contributed by atoms with E-state index in [1.807, 2.05) is 6.92 Å². The molecule has 0 radical (unpaired) electrons. The van der Waals surface area contributed by atoms with Crippen LogP contribution in [0, 0.1) is 6.92 Å². The SMILES string of the molecule is Cc1ccc(S(=O)(=O)N2CCc3cc(OS(=O)(=O)C(F)(F)F)ccc3CC23CC3)cc1. The van der Waals surface area contributed by atoms with Crippen molar-refractivity contribution in [3.63, 3.8) is 0 Å². The van der Waals surface area contributed by atoms with Crippen molar-refractivity contribution in [2.75, 3.05) is 6.54 Å². The molecule has 0 unspecified atom stereocenters. The third-order valence-electron chi connectivity index (χ3n) is 5.74. The third kappa shape index (κ3) is 4.06. The van der Waals surface area contributed by atoms with Gasteiger partial charge in [-0.05, 0) is 68.0 Å². The predicted molar refractivity (Wildman–Crippen MR) is 106 cm³/mol. The fraction of sp³-hybridized carbons (Fsp3) is 0.400. The molecular formula is C20H20F3NO5S2. The van der Waals surface area contributed by atoms with E-state index in [1.165, 1.54) is 22.5 Å². The van der Waals surface area contributed by atoms with E-state index in [0.29, 0.717) is 24.8 Å². The van der Waals surface area contributed by atoms with Crippen LogP contribution in [0.1, 0.15) is 29.5 Å². The van der Waals surface area contributed by atoms with Crippen molar-refractivity contribution < 1.29 is 34.2 Å². The molecule has 1 spiro atoms. The predicted octanol–water partition coefficient (Wildman–Crippen LogP) is 3.55. The van der Waals surface area contributed by atoms with Crippen molar-refractivity contribution in [3.8, 4) is 5.75 Å². The number of rotatable bonds is 4. The number of hydrogen-bond acceptors (Lipinski definition) is 5. The van der Waals surface area contributed by atoms with Gasteiger partial charge in [0.1, 0.15) is 5.75 Å². The average Bonchev–Trinajstić information content (AvgIpc) is 3.45. The Morgan fingerprint density at radius 3 is 2.19 bits per heavy atom. The van der Waals surface area contributed by atoms with Crippen LogP contribution in [0.3, 0.4) is 0 Å². The fourth-order valence-corrected chi connectivity index (χ4v) is 6.19. The van der Waals surface area contributed by atoms with Gasteiger partial charge in [-0.1, -0.05) is 23.8 Å². The highest BCUT2D eigenvalue weighted by atomic mass is 32.2. The van der Waals surface area contributed by atoms with Gasteiger partial charge in [-0.25, -0.2) is 8.42 Å².